The van der Waals surface area contributed by atoms with Crippen LogP contribution in [0.2, 0.25) is 0 Å². The Labute approximate surface area is 131 Å². The van der Waals surface area contributed by atoms with Crippen LogP contribution >= 0.6 is 0 Å². The molecule has 1 rings (SSSR count). The molecule has 0 heterocycles. The second kappa shape index (κ2) is 7.52. The summed E-state index contributed by atoms with van der Waals surface area (Å²) in [6.45, 7) is 3.56. The van der Waals surface area contributed by atoms with Crippen LogP contribution in [0.25, 0.3) is 0 Å². The summed E-state index contributed by atoms with van der Waals surface area (Å²) in [4.78, 5) is 31.7. The molecular weight excluding hydrogens is 308 g/mol. The maximum absolute atomic E-state index is 11.3. The molecule has 1 aromatic carbocycles. The smallest absolute Gasteiger partial charge is 0.340 e. The number of benzene rings is 1. The van der Waals surface area contributed by atoms with Gasteiger partial charge in [-0.05, 0) is 12.3 Å². The number of nitro groups is 2. The first-order valence-electron chi connectivity index (χ1n) is 7.14. The van der Waals surface area contributed by atoms with Gasteiger partial charge in [-0.2, -0.15) is 0 Å². The topological polar surface area (TPSA) is 144 Å². The Hall–Kier alpha value is -2.71. The fourth-order valence-corrected chi connectivity index (χ4v) is 2.49. The van der Waals surface area contributed by atoms with Gasteiger partial charge in [-0.3, -0.25) is 20.2 Å². The molecule has 23 heavy (non-hydrogen) atoms. The van der Waals surface area contributed by atoms with Gasteiger partial charge < -0.3 is 10.2 Å². The van der Waals surface area contributed by atoms with Crippen molar-refractivity contribution in [3.8, 4) is 5.75 Å². The van der Waals surface area contributed by atoms with Crippen molar-refractivity contribution in [2.24, 2.45) is 0 Å². The molecule has 1 aromatic rings. The first-order valence-corrected chi connectivity index (χ1v) is 7.14. The predicted molar refractivity (Wildman–Crippen MR) is 80.9 cm³/mol. The normalized spacial score (nSPS) is 11.9. The number of rotatable bonds is 8. The van der Waals surface area contributed by atoms with Crippen molar-refractivity contribution >= 4 is 17.3 Å². The van der Waals surface area contributed by atoms with Crippen molar-refractivity contribution in [1.82, 2.24) is 0 Å². The summed E-state index contributed by atoms with van der Waals surface area (Å²) in [7, 11) is 0. The number of hydrogen-bond acceptors (Lipinski definition) is 6. The first-order chi connectivity index (χ1) is 10.7. The molecule has 0 saturated heterocycles. The van der Waals surface area contributed by atoms with E-state index in [4.69, 9.17) is 5.11 Å². The lowest BCUT2D eigenvalue weighted by molar-refractivity contribution is -0.396. The molecule has 126 valence electrons. The minimum atomic E-state index is -1.67. The van der Waals surface area contributed by atoms with Gasteiger partial charge in [0.2, 0.25) is 5.75 Å². The van der Waals surface area contributed by atoms with Gasteiger partial charge >= 0.3 is 11.7 Å². The molecule has 9 heteroatoms. The summed E-state index contributed by atoms with van der Waals surface area (Å²) < 4.78 is 0. The summed E-state index contributed by atoms with van der Waals surface area (Å²) in [6, 6.07) is 0.677. The molecule has 0 saturated carbocycles. The maximum atomic E-state index is 11.3. The SMILES string of the molecule is CCCCCC(C)c1c([N+](=O)[O-])cc(C(=O)O)c(O)c1[N+](=O)[O-]. The Bertz CT molecular complexity index is 643. The molecule has 0 bridgehead atoms. The molecule has 0 radical (unpaired) electrons. The summed E-state index contributed by atoms with van der Waals surface area (Å²) in [5.41, 5.74) is -2.65. The van der Waals surface area contributed by atoms with Crippen LogP contribution in [0.3, 0.4) is 0 Å². The van der Waals surface area contributed by atoms with E-state index in [0.29, 0.717) is 18.9 Å². The van der Waals surface area contributed by atoms with E-state index >= 15 is 0 Å². The van der Waals surface area contributed by atoms with Crippen molar-refractivity contribution < 1.29 is 24.9 Å². The number of aromatic carboxylic acids is 1. The minimum Gasteiger partial charge on any atom is -0.501 e. The molecule has 0 aliphatic heterocycles. The number of hydrogen-bond donors (Lipinski definition) is 2. The third kappa shape index (κ3) is 3.93. The molecule has 0 amide bonds. The molecule has 0 fully saturated rings. The third-order valence-corrected chi connectivity index (χ3v) is 3.63. The second-order valence-electron chi connectivity index (χ2n) is 5.27. The molecular formula is C14H18N2O7. The van der Waals surface area contributed by atoms with Gasteiger partial charge in [-0.25, -0.2) is 4.79 Å². The van der Waals surface area contributed by atoms with Crippen LogP contribution in [0, 0.1) is 20.2 Å². The Kier molecular flexibility index (Phi) is 6.00. The van der Waals surface area contributed by atoms with Crippen LogP contribution in [0.1, 0.15) is 61.4 Å². The van der Waals surface area contributed by atoms with Crippen molar-refractivity contribution in [2.45, 2.75) is 45.4 Å². The zero-order valence-corrected chi connectivity index (χ0v) is 12.8. The zero-order chi connectivity index (χ0) is 17.7. The van der Waals surface area contributed by atoms with Crippen molar-refractivity contribution in [1.29, 1.82) is 0 Å². The Balaban J connectivity index is 3.57. The number of unbranched alkanes of at least 4 members (excludes halogenated alkanes) is 2. The van der Waals surface area contributed by atoms with Crippen molar-refractivity contribution in [3.05, 3.63) is 37.4 Å². The Morgan fingerprint density at radius 1 is 1.26 bits per heavy atom. The molecule has 0 aliphatic rings. The summed E-state index contributed by atoms with van der Waals surface area (Å²) in [5.74, 6) is -3.28. The van der Waals surface area contributed by atoms with Gasteiger partial charge in [-0.15, -0.1) is 0 Å². The molecule has 9 nitrogen and oxygen atoms in total. The summed E-state index contributed by atoms with van der Waals surface area (Å²) >= 11 is 0. The Morgan fingerprint density at radius 2 is 1.87 bits per heavy atom. The minimum absolute atomic E-state index is 0.237. The lowest BCUT2D eigenvalue weighted by atomic mass is 9.90. The monoisotopic (exact) mass is 326 g/mol. The zero-order valence-electron chi connectivity index (χ0n) is 12.8. The van der Waals surface area contributed by atoms with Crippen molar-refractivity contribution in [2.75, 3.05) is 0 Å². The Morgan fingerprint density at radius 3 is 2.30 bits per heavy atom. The van der Waals surface area contributed by atoms with Crippen LogP contribution in [0.15, 0.2) is 6.07 Å². The van der Waals surface area contributed by atoms with Gasteiger partial charge in [0.1, 0.15) is 11.1 Å². The van der Waals surface area contributed by atoms with Crippen LogP contribution in [-0.2, 0) is 0 Å². The number of nitro benzene ring substituents is 2. The molecule has 0 aromatic heterocycles. The van der Waals surface area contributed by atoms with E-state index in [9.17, 15) is 30.1 Å². The average Bonchev–Trinajstić information content (AvgIpc) is 2.45. The number of nitrogens with zero attached hydrogens (tertiary/aromatic N) is 2. The van der Waals surface area contributed by atoms with Crippen LogP contribution < -0.4 is 0 Å². The van der Waals surface area contributed by atoms with E-state index in [1.165, 1.54) is 0 Å². The summed E-state index contributed by atoms with van der Waals surface area (Å²) in [5, 5.41) is 41.3. The maximum Gasteiger partial charge on any atom is 0.340 e. The van der Waals surface area contributed by atoms with E-state index in [0.717, 1.165) is 12.8 Å². The average molecular weight is 326 g/mol. The van der Waals surface area contributed by atoms with Crippen LogP contribution in [0.4, 0.5) is 11.4 Å². The van der Waals surface area contributed by atoms with Crippen LogP contribution in [-0.4, -0.2) is 26.0 Å². The number of carboxylic acid groups (broad SMARTS) is 1. The largest absolute Gasteiger partial charge is 0.501 e. The van der Waals surface area contributed by atoms with Gasteiger partial charge in [-0.1, -0.05) is 33.1 Å². The van der Waals surface area contributed by atoms with E-state index in [-0.39, 0.29) is 5.56 Å². The van der Waals surface area contributed by atoms with Gasteiger partial charge in [0.05, 0.1) is 9.85 Å². The highest BCUT2D eigenvalue weighted by Crippen LogP contribution is 2.44. The standard InChI is InChI=1S/C14H18N2O7/c1-3-4-5-6-8(2)11-10(15(20)21)7-9(14(18)19)13(17)12(11)16(22)23/h7-8,17H,3-6H2,1-2H3,(H,18,19). The number of phenols is 1. The fourth-order valence-electron chi connectivity index (χ4n) is 2.49. The highest BCUT2D eigenvalue weighted by Gasteiger charge is 2.36. The van der Waals surface area contributed by atoms with Gasteiger partial charge in [0, 0.05) is 6.07 Å². The van der Waals surface area contributed by atoms with Gasteiger partial charge in [0.25, 0.3) is 5.69 Å². The molecule has 1 unspecified atom stereocenters. The first kappa shape index (κ1) is 18.3. The fraction of sp³-hybridized carbons (Fsp3) is 0.500. The quantitative estimate of drug-likeness (QED) is 0.422. The van der Waals surface area contributed by atoms with E-state index in [1.54, 1.807) is 6.92 Å². The number of aromatic hydroxyl groups is 1. The predicted octanol–water partition coefficient (Wildman–Crippen LogP) is 3.59. The van der Waals surface area contributed by atoms with E-state index in [2.05, 4.69) is 0 Å². The molecule has 2 N–H and O–H groups in total. The molecule has 1 atom stereocenters. The number of carboxylic acids is 1. The molecule has 0 aliphatic carbocycles. The van der Waals surface area contributed by atoms with E-state index < -0.39 is 44.4 Å². The summed E-state index contributed by atoms with van der Waals surface area (Å²) in [6.07, 6.45) is 2.96. The molecule has 0 spiro atoms. The van der Waals surface area contributed by atoms with Gasteiger partial charge in [0.15, 0.2) is 0 Å². The second-order valence-corrected chi connectivity index (χ2v) is 5.27. The highest BCUT2D eigenvalue weighted by molar-refractivity contribution is 5.94. The lowest BCUT2D eigenvalue weighted by Gasteiger charge is -2.14. The number of carbonyl (C=O) groups is 1. The highest BCUT2D eigenvalue weighted by atomic mass is 16.6. The third-order valence-electron chi connectivity index (χ3n) is 3.63. The van der Waals surface area contributed by atoms with Crippen LogP contribution in [0.5, 0.6) is 5.75 Å². The van der Waals surface area contributed by atoms with Crippen molar-refractivity contribution in [3.63, 3.8) is 0 Å². The van der Waals surface area contributed by atoms with E-state index in [1.807, 2.05) is 6.92 Å². The lowest BCUT2D eigenvalue weighted by Crippen LogP contribution is -2.09.